The molecule has 17 heteroatoms. The predicted molar refractivity (Wildman–Crippen MR) is 157 cm³/mol. The van der Waals surface area contributed by atoms with Crippen molar-refractivity contribution in [2.75, 3.05) is 0 Å². The smallest absolute Gasteiger partial charge is 0.324 e. The van der Waals surface area contributed by atoms with Crippen LogP contribution in [-0.4, -0.2) is 44.0 Å². The summed E-state index contributed by atoms with van der Waals surface area (Å²) in [4.78, 5) is 83.3. The van der Waals surface area contributed by atoms with Gasteiger partial charge in [-0.3, -0.25) is 23.2 Å². The van der Waals surface area contributed by atoms with E-state index in [-0.39, 0.29) is 0 Å². The van der Waals surface area contributed by atoms with E-state index in [0.717, 1.165) is 17.7 Å². The van der Waals surface area contributed by atoms with Gasteiger partial charge < -0.3 is 39.1 Å². The average Bonchev–Trinajstić information content (AvgIpc) is 3.06. The number of hydrogen-bond acceptors (Lipinski definition) is 5. The molecule has 13 nitrogen and oxygen atoms in total. The molecule has 0 spiro atoms. The first-order valence-corrected chi connectivity index (χ1v) is 20.1. The molecule has 0 amide bonds. The Morgan fingerprint density at radius 1 is 0.595 bits per heavy atom. The number of rotatable bonds is 12. The molecule has 0 radical (unpaired) electrons. The lowest BCUT2D eigenvalue weighted by atomic mass is 9.81. The molecule has 1 aliphatic heterocycles. The fourth-order valence-corrected chi connectivity index (χ4v) is 12.2. The second-order valence-corrected chi connectivity index (χ2v) is 18.3. The minimum absolute atomic E-state index is 0.379. The van der Waals surface area contributed by atoms with Crippen LogP contribution in [0.2, 0.25) is 0 Å². The van der Waals surface area contributed by atoms with E-state index in [9.17, 15) is 57.4 Å². The summed E-state index contributed by atoms with van der Waals surface area (Å²) in [5.41, 5.74) is -1.78. The molecule has 0 bridgehead atoms. The number of hydrogen-bond donors (Lipinski definition) is 8. The Kier molecular flexibility index (Phi) is 10.2. The minimum atomic E-state index is -5.77. The Bertz CT molecular complexity index is 1350. The lowest BCUT2D eigenvalue weighted by Crippen LogP contribution is -2.49. The molecule has 0 aromatic heterocycles. The number of nitrogens with zero attached hydrogens (tertiary/aromatic N) is 1. The predicted octanol–water partition coefficient (Wildman–Crippen LogP) is 4.94. The maximum atomic E-state index is 12.6. The van der Waals surface area contributed by atoms with Crippen LogP contribution in [0.5, 0.6) is 0 Å². The van der Waals surface area contributed by atoms with Crippen molar-refractivity contribution >= 4 is 30.4 Å². The van der Waals surface area contributed by atoms with Gasteiger partial charge in [-0.2, -0.15) is 0 Å². The lowest BCUT2D eigenvalue weighted by Gasteiger charge is -2.47. The van der Waals surface area contributed by atoms with Gasteiger partial charge in [0, 0.05) is 17.6 Å². The molecule has 3 rings (SSSR count). The standard InChI is InChI=1S/C25H39NO12P4/c1-5-24(6-2)20-14-18(22(39(27,28)29)40(30,31)32)19(23(41(33,34)35)42(36,37)38)15-21(20)25(7-3,8-4)26(24)16-17-12-10-9-11-13-17/h9-15,22-23H,5-8,16H2,1-4H3,(H2,27,28,29)(H2,30,31,32)(H2,33,34,35)(H2,36,37,38). The Balaban J connectivity index is 2.61. The number of fused-ring (bicyclic) bond motifs is 1. The van der Waals surface area contributed by atoms with Crippen LogP contribution in [0, 0.1) is 0 Å². The first-order chi connectivity index (χ1) is 19.2. The van der Waals surface area contributed by atoms with Crippen molar-refractivity contribution in [2.24, 2.45) is 0 Å². The monoisotopic (exact) mass is 669 g/mol. The molecule has 2 aromatic rings. The van der Waals surface area contributed by atoms with Gasteiger partial charge in [-0.15, -0.1) is 0 Å². The van der Waals surface area contributed by atoms with Gasteiger partial charge in [0.25, 0.3) is 0 Å². The van der Waals surface area contributed by atoms with Crippen LogP contribution in [-0.2, 0) is 35.9 Å². The fourth-order valence-electron chi connectivity index (χ4n) is 6.76. The molecule has 0 aliphatic carbocycles. The summed E-state index contributed by atoms with van der Waals surface area (Å²) < 4.78 is 50.4. The third-order valence-electron chi connectivity index (χ3n) is 8.61. The average molecular weight is 669 g/mol. The molecule has 236 valence electrons. The van der Waals surface area contributed by atoms with Gasteiger partial charge in [0.2, 0.25) is 0 Å². The summed E-state index contributed by atoms with van der Waals surface area (Å²) in [5.74, 6) is 0. The van der Waals surface area contributed by atoms with Crippen LogP contribution in [0.1, 0.15) is 92.0 Å². The zero-order valence-electron chi connectivity index (χ0n) is 23.7. The van der Waals surface area contributed by atoms with Crippen molar-refractivity contribution in [3.05, 3.63) is 70.3 Å². The third-order valence-corrected chi connectivity index (χ3v) is 15.9. The Hall–Kier alpha value is -1.00. The third kappa shape index (κ3) is 6.24. The topological polar surface area (TPSA) is 233 Å². The summed E-state index contributed by atoms with van der Waals surface area (Å²) in [6.07, 6.45) is 1.73. The van der Waals surface area contributed by atoms with E-state index >= 15 is 0 Å². The van der Waals surface area contributed by atoms with Crippen molar-refractivity contribution in [3.8, 4) is 0 Å². The highest BCUT2D eigenvalue weighted by molar-refractivity contribution is 7.71. The summed E-state index contributed by atoms with van der Waals surface area (Å²) in [5, 5.41) is -5.84. The normalized spacial score (nSPS) is 17.7. The van der Waals surface area contributed by atoms with E-state index in [1.165, 1.54) is 0 Å². The van der Waals surface area contributed by atoms with Gasteiger partial charge in [-0.25, -0.2) is 0 Å². The zero-order valence-corrected chi connectivity index (χ0v) is 27.3. The quantitative estimate of drug-likeness (QED) is 0.140. The molecule has 0 unspecified atom stereocenters. The van der Waals surface area contributed by atoms with Crippen LogP contribution in [0.15, 0.2) is 42.5 Å². The second-order valence-electron chi connectivity index (χ2n) is 10.7. The maximum absolute atomic E-state index is 12.6. The van der Waals surface area contributed by atoms with Crippen LogP contribution in [0.4, 0.5) is 0 Å². The van der Waals surface area contributed by atoms with Crippen molar-refractivity contribution in [2.45, 2.75) is 81.8 Å². The largest absolute Gasteiger partial charge is 0.345 e. The summed E-state index contributed by atoms with van der Waals surface area (Å²) in [6.45, 7) is 7.93. The number of benzene rings is 2. The molecular formula is C25H39NO12P4. The van der Waals surface area contributed by atoms with E-state index in [0.29, 0.717) is 43.4 Å². The van der Waals surface area contributed by atoms with Gasteiger partial charge in [-0.05, 0) is 53.5 Å². The molecule has 42 heavy (non-hydrogen) atoms. The molecular weight excluding hydrogens is 630 g/mol. The molecule has 0 fully saturated rings. The van der Waals surface area contributed by atoms with Crippen molar-refractivity contribution in [1.29, 1.82) is 0 Å². The summed E-state index contributed by atoms with van der Waals surface area (Å²) in [6, 6.07) is 11.6. The van der Waals surface area contributed by atoms with E-state index < -0.39 is 63.4 Å². The Labute approximate surface area is 244 Å². The molecule has 0 saturated heterocycles. The molecule has 1 aliphatic rings. The minimum Gasteiger partial charge on any atom is -0.324 e. The first kappa shape index (κ1) is 35.5. The van der Waals surface area contributed by atoms with Crippen molar-refractivity contribution in [1.82, 2.24) is 4.90 Å². The zero-order chi connectivity index (χ0) is 32.1. The van der Waals surface area contributed by atoms with Crippen LogP contribution < -0.4 is 0 Å². The summed E-state index contributed by atoms with van der Waals surface area (Å²) in [7, 11) is -23.1. The van der Waals surface area contributed by atoms with Crippen LogP contribution in [0.25, 0.3) is 0 Å². The second kappa shape index (κ2) is 12.1. The summed E-state index contributed by atoms with van der Waals surface area (Å²) >= 11 is 0. The molecule has 8 N–H and O–H groups in total. The van der Waals surface area contributed by atoms with Crippen LogP contribution >= 0.6 is 30.4 Å². The fraction of sp³-hybridized carbons (Fsp3) is 0.520. The maximum Gasteiger partial charge on any atom is 0.345 e. The SMILES string of the molecule is CCC1(CC)c2cc(C(P(=O)(O)O)P(=O)(O)O)c(C(P(=O)(O)O)P(=O)(O)O)cc2C(CC)(CC)N1Cc1ccccc1. The van der Waals surface area contributed by atoms with Crippen molar-refractivity contribution in [3.63, 3.8) is 0 Å². The highest BCUT2D eigenvalue weighted by atomic mass is 31.2. The van der Waals surface area contributed by atoms with Gasteiger partial charge in [0.15, 0.2) is 10.8 Å². The highest BCUT2D eigenvalue weighted by Gasteiger charge is 2.58. The van der Waals surface area contributed by atoms with Gasteiger partial charge >= 0.3 is 30.4 Å². The highest BCUT2D eigenvalue weighted by Crippen LogP contribution is 2.76. The Morgan fingerprint density at radius 3 is 1.17 bits per heavy atom. The van der Waals surface area contributed by atoms with Gasteiger partial charge in [-0.1, -0.05) is 70.2 Å². The van der Waals surface area contributed by atoms with Gasteiger partial charge in [0.05, 0.1) is 0 Å². The molecule has 1 heterocycles. The lowest BCUT2D eigenvalue weighted by molar-refractivity contribution is -0.0233. The van der Waals surface area contributed by atoms with E-state index in [1.807, 2.05) is 58.0 Å². The van der Waals surface area contributed by atoms with Gasteiger partial charge in [0.1, 0.15) is 0 Å². The van der Waals surface area contributed by atoms with Crippen molar-refractivity contribution < 1.29 is 57.4 Å². The molecule has 0 atom stereocenters. The Morgan fingerprint density at radius 2 is 0.905 bits per heavy atom. The van der Waals surface area contributed by atoms with Crippen LogP contribution in [0.3, 0.4) is 0 Å². The first-order valence-electron chi connectivity index (χ1n) is 13.4. The molecule has 2 aromatic carbocycles. The molecule has 0 saturated carbocycles. The van der Waals surface area contributed by atoms with E-state index in [4.69, 9.17) is 0 Å². The van der Waals surface area contributed by atoms with E-state index in [2.05, 4.69) is 4.90 Å². The van der Waals surface area contributed by atoms with E-state index in [1.54, 1.807) is 0 Å².